The van der Waals surface area contributed by atoms with Gasteiger partial charge in [-0.1, -0.05) is 12.1 Å². The molecule has 1 atom stereocenters. The molecule has 2 N–H and O–H groups in total. The molecule has 0 aliphatic heterocycles. The Kier molecular flexibility index (Phi) is 3.74. The van der Waals surface area contributed by atoms with Crippen molar-refractivity contribution < 1.29 is 10.0 Å². The van der Waals surface area contributed by atoms with Crippen LogP contribution in [0, 0.1) is 0 Å². The van der Waals surface area contributed by atoms with Crippen molar-refractivity contribution in [2.24, 2.45) is 5.16 Å². The predicted octanol–water partition coefficient (Wildman–Crippen LogP) is 1.07. The molecule has 19 heavy (non-hydrogen) atoms. The van der Waals surface area contributed by atoms with Crippen LogP contribution in [0.15, 0.2) is 23.6 Å². The molecule has 0 aromatic carbocycles. The third-order valence-electron chi connectivity index (χ3n) is 2.82. The lowest BCUT2D eigenvalue weighted by molar-refractivity contribution is 0.0934. The van der Waals surface area contributed by atoms with Gasteiger partial charge in [-0.2, -0.15) is 5.10 Å². The van der Waals surface area contributed by atoms with Gasteiger partial charge in [0.25, 0.3) is 5.91 Å². The maximum atomic E-state index is 12.0. The first kappa shape index (κ1) is 13.0. The van der Waals surface area contributed by atoms with Crippen LogP contribution in [0.4, 0.5) is 0 Å². The zero-order valence-corrected chi connectivity index (χ0v) is 10.7. The predicted molar refractivity (Wildman–Crippen MR) is 69.6 cm³/mol. The van der Waals surface area contributed by atoms with Gasteiger partial charge >= 0.3 is 0 Å². The first-order valence-electron chi connectivity index (χ1n) is 5.98. The Bertz CT molecular complexity index is 620. The van der Waals surface area contributed by atoms with Gasteiger partial charge in [-0.25, -0.2) is 9.50 Å². The Balaban J connectivity index is 2.34. The summed E-state index contributed by atoms with van der Waals surface area (Å²) in [6.45, 7) is 3.92. The van der Waals surface area contributed by atoms with Gasteiger partial charge in [0.05, 0.1) is 18.0 Å². The quantitative estimate of drug-likeness (QED) is 0.489. The molecule has 2 heterocycles. The van der Waals surface area contributed by atoms with Crippen molar-refractivity contribution in [3.63, 3.8) is 0 Å². The monoisotopic (exact) mass is 261 g/mol. The second-order valence-corrected chi connectivity index (χ2v) is 4.21. The normalized spacial score (nSPS) is 12.9. The van der Waals surface area contributed by atoms with Crippen molar-refractivity contribution in [2.75, 3.05) is 0 Å². The molecule has 0 bridgehead atoms. The third-order valence-corrected chi connectivity index (χ3v) is 2.82. The topological polar surface area (TPSA) is 91.9 Å². The van der Waals surface area contributed by atoms with E-state index in [4.69, 9.17) is 5.21 Å². The number of hydrogen-bond donors (Lipinski definition) is 2. The minimum Gasteiger partial charge on any atom is -0.411 e. The van der Waals surface area contributed by atoms with Crippen molar-refractivity contribution in [3.05, 3.63) is 29.7 Å². The van der Waals surface area contributed by atoms with Crippen LogP contribution in [0.1, 0.15) is 36.3 Å². The van der Waals surface area contributed by atoms with Crippen LogP contribution in [0.5, 0.6) is 0 Å². The van der Waals surface area contributed by atoms with Crippen molar-refractivity contribution in [2.45, 2.75) is 26.3 Å². The number of aromatic nitrogens is 3. The van der Waals surface area contributed by atoms with Crippen LogP contribution < -0.4 is 5.32 Å². The Morgan fingerprint density at radius 1 is 1.68 bits per heavy atom. The molecule has 0 spiro atoms. The van der Waals surface area contributed by atoms with E-state index >= 15 is 0 Å². The maximum absolute atomic E-state index is 12.0. The molecule has 0 radical (unpaired) electrons. The maximum Gasteiger partial charge on any atom is 0.270 e. The fourth-order valence-electron chi connectivity index (χ4n) is 1.57. The summed E-state index contributed by atoms with van der Waals surface area (Å²) < 4.78 is 1.51. The van der Waals surface area contributed by atoms with Crippen LogP contribution in [0.25, 0.3) is 5.65 Å². The molecular formula is C12H15N5O2. The van der Waals surface area contributed by atoms with E-state index in [0.29, 0.717) is 16.9 Å². The van der Waals surface area contributed by atoms with Crippen LogP contribution in [-0.2, 0) is 0 Å². The molecule has 0 fully saturated rings. The summed E-state index contributed by atoms with van der Waals surface area (Å²) in [6.07, 6.45) is 5.23. The van der Waals surface area contributed by atoms with Gasteiger partial charge in [0.15, 0.2) is 5.65 Å². The smallest absolute Gasteiger partial charge is 0.270 e. The highest BCUT2D eigenvalue weighted by Crippen LogP contribution is 2.07. The highest BCUT2D eigenvalue weighted by Gasteiger charge is 2.12. The van der Waals surface area contributed by atoms with Gasteiger partial charge in [-0.05, 0) is 19.4 Å². The second-order valence-electron chi connectivity index (χ2n) is 4.21. The van der Waals surface area contributed by atoms with E-state index in [1.54, 1.807) is 12.3 Å². The number of fused-ring (bicyclic) bond motifs is 1. The highest BCUT2D eigenvalue weighted by atomic mass is 16.4. The van der Waals surface area contributed by atoms with Crippen LogP contribution in [0.3, 0.4) is 0 Å². The van der Waals surface area contributed by atoms with Crippen molar-refractivity contribution in [1.82, 2.24) is 19.9 Å². The van der Waals surface area contributed by atoms with Crippen LogP contribution >= 0.6 is 0 Å². The standard InChI is InChI=1S/C12H15N5O2/c1-3-8(2)15-12(18)10-4-5-17-11(16-10)9(6-13-17)7-14-19/h4-8,19H,3H2,1-2H3,(H,15,18). The van der Waals surface area contributed by atoms with Crippen LogP contribution in [0.2, 0.25) is 0 Å². The van der Waals surface area contributed by atoms with Gasteiger partial charge < -0.3 is 10.5 Å². The zero-order valence-electron chi connectivity index (χ0n) is 10.7. The van der Waals surface area contributed by atoms with Gasteiger partial charge in [0, 0.05) is 12.2 Å². The first-order valence-corrected chi connectivity index (χ1v) is 5.98. The van der Waals surface area contributed by atoms with Gasteiger partial charge in [0.2, 0.25) is 0 Å². The molecule has 1 unspecified atom stereocenters. The number of carbonyl (C=O) groups excluding carboxylic acids is 1. The molecule has 2 aromatic heterocycles. The zero-order chi connectivity index (χ0) is 13.8. The number of nitrogens with zero attached hydrogens (tertiary/aromatic N) is 4. The summed E-state index contributed by atoms with van der Waals surface area (Å²) in [5.74, 6) is -0.232. The average Bonchev–Trinajstić information content (AvgIpc) is 2.81. The Hall–Kier alpha value is -2.44. The van der Waals surface area contributed by atoms with E-state index in [0.717, 1.165) is 6.42 Å². The molecule has 100 valence electrons. The number of hydrogen-bond acceptors (Lipinski definition) is 5. The lowest BCUT2D eigenvalue weighted by atomic mass is 10.2. The molecule has 2 aromatic rings. The molecule has 0 saturated heterocycles. The number of oxime groups is 1. The van der Waals surface area contributed by atoms with Crippen molar-refractivity contribution >= 4 is 17.8 Å². The van der Waals surface area contributed by atoms with Crippen molar-refractivity contribution in [1.29, 1.82) is 0 Å². The fraction of sp³-hybridized carbons (Fsp3) is 0.333. The number of carbonyl (C=O) groups is 1. The Morgan fingerprint density at radius 2 is 2.47 bits per heavy atom. The summed E-state index contributed by atoms with van der Waals surface area (Å²) in [5, 5.41) is 18.4. The number of amides is 1. The lowest BCUT2D eigenvalue weighted by Gasteiger charge is -2.10. The Labute approximate surface area is 110 Å². The molecule has 7 heteroatoms. The molecular weight excluding hydrogens is 246 g/mol. The van der Waals surface area contributed by atoms with E-state index in [9.17, 15) is 4.79 Å². The van der Waals surface area contributed by atoms with E-state index in [1.165, 1.54) is 16.9 Å². The number of nitrogens with one attached hydrogen (secondary N) is 1. The van der Waals surface area contributed by atoms with Gasteiger partial charge in [-0.3, -0.25) is 4.79 Å². The van der Waals surface area contributed by atoms with E-state index in [-0.39, 0.29) is 11.9 Å². The summed E-state index contributed by atoms with van der Waals surface area (Å²) >= 11 is 0. The van der Waals surface area contributed by atoms with E-state index in [2.05, 4.69) is 20.6 Å². The minimum absolute atomic E-state index is 0.0916. The summed E-state index contributed by atoms with van der Waals surface area (Å²) in [5.41, 5.74) is 1.32. The van der Waals surface area contributed by atoms with Gasteiger partial charge in [0.1, 0.15) is 5.69 Å². The average molecular weight is 261 g/mol. The van der Waals surface area contributed by atoms with Crippen molar-refractivity contribution in [3.8, 4) is 0 Å². The second kappa shape index (κ2) is 5.47. The molecule has 7 nitrogen and oxygen atoms in total. The fourth-order valence-corrected chi connectivity index (χ4v) is 1.57. The largest absolute Gasteiger partial charge is 0.411 e. The van der Waals surface area contributed by atoms with E-state index < -0.39 is 0 Å². The molecule has 2 rings (SSSR count). The minimum atomic E-state index is -0.232. The molecule has 1 amide bonds. The van der Waals surface area contributed by atoms with Gasteiger partial charge in [-0.15, -0.1) is 0 Å². The summed E-state index contributed by atoms with van der Waals surface area (Å²) in [7, 11) is 0. The highest BCUT2D eigenvalue weighted by molar-refractivity contribution is 5.94. The number of rotatable bonds is 4. The molecule has 0 aliphatic carbocycles. The Morgan fingerprint density at radius 3 is 3.16 bits per heavy atom. The van der Waals surface area contributed by atoms with E-state index in [1.807, 2.05) is 13.8 Å². The molecule has 0 aliphatic rings. The van der Waals surface area contributed by atoms with Crippen LogP contribution in [-0.4, -0.2) is 38.0 Å². The first-order chi connectivity index (χ1) is 9.15. The summed E-state index contributed by atoms with van der Waals surface area (Å²) in [4.78, 5) is 16.2. The summed E-state index contributed by atoms with van der Waals surface area (Å²) in [6, 6.07) is 1.69. The third kappa shape index (κ3) is 2.70. The lowest BCUT2D eigenvalue weighted by Crippen LogP contribution is -2.32. The molecule has 0 saturated carbocycles. The SMILES string of the molecule is CCC(C)NC(=O)c1ccn2ncc(C=NO)c2n1.